The third kappa shape index (κ3) is 9.97. The molecule has 3 fully saturated rings. The number of methoxy groups -OCH3 is 2. The molecule has 1 unspecified atom stereocenters. The predicted octanol–water partition coefficient (Wildman–Crippen LogP) is 4.55. The average molecular weight is 885 g/mol. The van der Waals surface area contributed by atoms with Gasteiger partial charge in [-0.2, -0.15) is 13.2 Å². The summed E-state index contributed by atoms with van der Waals surface area (Å²) in [6, 6.07) is -1.15. The van der Waals surface area contributed by atoms with E-state index in [1.807, 2.05) is 13.0 Å². The molecule has 0 bridgehead atoms. The minimum absolute atomic E-state index is 0.0217. The van der Waals surface area contributed by atoms with Crippen LogP contribution in [0.15, 0.2) is 24.3 Å². The molecule has 336 valence electrons. The molecule has 7 atom stereocenters. The highest BCUT2D eigenvalue weighted by atomic mass is 32.2. The van der Waals surface area contributed by atoms with Gasteiger partial charge in [0, 0.05) is 37.5 Å². The van der Waals surface area contributed by atoms with Crippen LogP contribution in [0.25, 0.3) is 11.0 Å². The van der Waals surface area contributed by atoms with E-state index < -0.39 is 122 Å². The number of nitrogens with zero attached hydrogens (tertiary/aromatic N) is 3. The number of hydrogen-bond donors (Lipinski definition) is 3. The van der Waals surface area contributed by atoms with Gasteiger partial charge in [0.25, 0.3) is 5.91 Å². The smallest absolute Gasteiger partial charge is 0.438 e. The fourth-order valence-electron chi connectivity index (χ4n) is 7.85. The lowest BCUT2D eigenvalue weighted by Crippen LogP contribution is -2.60. The first-order chi connectivity index (χ1) is 28.4. The zero-order chi connectivity index (χ0) is 44.9. The standard InChI is InChI=1S/C40H52F4N6O10S/c1-21-10-8-9-11-23-18-39(23,35(53)49-61(55,56)38(5)12-13-38)48-32(51)28-15-24(19-50(28)34(52)30(22(14-21)20-57-6)47-36(54)60-37(2,3)4)59-33-31(40(42,43)44)45-26-16-25(41)29(58-7)17-27(26)46-33/h9,11,16-17,21-24,28,30H,8,10,12-15,18-20H2,1-7H3,(H,47,54)(H,48,51)(H,49,53)/b11-9-/t21-,22-,23?,24+,28-,30-,39+/m0/s1. The molecule has 4 amide bonds. The molecular formula is C40H52F4N6O10S. The molecule has 1 aromatic carbocycles. The minimum Gasteiger partial charge on any atom is -0.494 e. The van der Waals surface area contributed by atoms with Crippen LogP contribution >= 0.6 is 0 Å². The van der Waals surface area contributed by atoms with Gasteiger partial charge in [0.2, 0.25) is 33.4 Å². The molecule has 61 heavy (non-hydrogen) atoms. The van der Waals surface area contributed by atoms with Gasteiger partial charge < -0.3 is 34.5 Å². The van der Waals surface area contributed by atoms with Gasteiger partial charge in [-0.25, -0.2) is 27.6 Å². The molecular weight excluding hydrogens is 833 g/mol. The second-order valence-corrected chi connectivity index (χ2v) is 19.9. The number of aromatic nitrogens is 2. The third-order valence-corrected chi connectivity index (χ3v) is 13.7. The van der Waals surface area contributed by atoms with Crippen LogP contribution in [-0.2, 0) is 40.1 Å². The Morgan fingerprint density at radius 1 is 1.07 bits per heavy atom. The zero-order valence-corrected chi connectivity index (χ0v) is 35.8. The van der Waals surface area contributed by atoms with E-state index in [4.69, 9.17) is 18.9 Å². The zero-order valence-electron chi connectivity index (χ0n) is 35.0. The maximum atomic E-state index is 15.0. The van der Waals surface area contributed by atoms with Crippen LogP contribution in [0.4, 0.5) is 22.4 Å². The van der Waals surface area contributed by atoms with E-state index in [2.05, 4.69) is 25.3 Å². The number of amides is 4. The van der Waals surface area contributed by atoms with Gasteiger partial charge >= 0.3 is 12.3 Å². The summed E-state index contributed by atoms with van der Waals surface area (Å²) >= 11 is 0. The number of sulfonamides is 1. The summed E-state index contributed by atoms with van der Waals surface area (Å²) in [7, 11) is -1.57. The predicted molar refractivity (Wildman–Crippen MR) is 210 cm³/mol. The van der Waals surface area contributed by atoms with Crippen molar-refractivity contribution in [2.45, 2.75) is 120 Å². The van der Waals surface area contributed by atoms with Crippen LogP contribution in [0.1, 0.15) is 85.3 Å². The monoisotopic (exact) mass is 884 g/mol. The Kier molecular flexibility index (Phi) is 12.6. The SMILES string of the molecule is COC[C@@H]1C[C@@H](C)CC/C=C\C2C[C@@]2(C(=O)NS(=O)(=O)C2(C)CC2)NC(=O)[C@@H]2C[C@@H](Oc3nc4cc(OC)c(F)cc4nc3C(F)(F)F)CN2C(=O)[C@H]1NC(=O)OC(C)(C)C. The Balaban J connectivity index is 1.41. The molecule has 1 saturated heterocycles. The van der Waals surface area contributed by atoms with Crippen LogP contribution < -0.4 is 24.8 Å². The molecule has 4 aliphatic rings. The largest absolute Gasteiger partial charge is 0.494 e. The molecule has 0 spiro atoms. The molecule has 6 rings (SSSR count). The number of allylic oxidation sites excluding steroid dienone is 1. The van der Waals surface area contributed by atoms with Crippen molar-refractivity contribution in [3.63, 3.8) is 0 Å². The van der Waals surface area contributed by atoms with Gasteiger partial charge in [-0.15, -0.1) is 0 Å². The van der Waals surface area contributed by atoms with E-state index in [0.717, 1.165) is 24.1 Å². The van der Waals surface area contributed by atoms with Crippen LogP contribution in [0.2, 0.25) is 0 Å². The van der Waals surface area contributed by atoms with Crippen LogP contribution in [-0.4, -0.2) is 109 Å². The van der Waals surface area contributed by atoms with Crippen LogP contribution in [0, 0.1) is 23.6 Å². The summed E-state index contributed by atoms with van der Waals surface area (Å²) in [4.78, 5) is 65.5. The Hall–Kier alpha value is -4.79. The van der Waals surface area contributed by atoms with Crippen LogP contribution in [0.5, 0.6) is 11.6 Å². The van der Waals surface area contributed by atoms with E-state index in [1.54, 1.807) is 26.8 Å². The number of benzene rings is 1. The number of nitrogens with one attached hydrogen (secondary N) is 3. The maximum absolute atomic E-state index is 15.0. The van der Waals surface area contributed by atoms with Crippen molar-refractivity contribution in [3.05, 3.63) is 35.8 Å². The third-order valence-electron chi connectivity index (χ3n) is 11.6. The summed E-state index contributed by atoms with van der Waals surface area (Å²) in [6.45, 7) is 7.78. The van der Waals surface area contributed by atoms with E-state index in [1.165, 1.54) is 14.0 Å². The van der Waals surface area contributed by atoms with Gasteiger partial charge in [-0.3, -0.25) is 19.1 Å². The quantitative estimate of drug-likeness (QED) is 0.235. The minimum atomic E-state index is -5.15. The number of rotatable bonds is 9. The first-order valence-electron chi connectivity index (χ1n) is 20.0. The van der Waals surface area contributed by atoms with Crippen molar-refractivity contribution in [1.29, 1.82) is 0 Å². The van der Waals surface area contributed by atoms with E-state index in [0.29, 0.717) is 32.1 Å². The summed E-state index contributed by atoms with van der Waals surface area (Å²) in [6.07, 6.45) is -2.18. The van der Waals surface area contributed by atoms with Gasteiger partial charge in [0.1, 0.15) is 29.3 Å². The number of ether oxygens (including phenoxy) is 4. The van der Waals surface area contributed by atoms with Gasteiger partial charge in [0.15, 0.2) is 11.6 Å². The van der Waals surface area contributed by atoms with Gasteiger partial charge in [-0.05, 0) is 72.1 Å². The first-order valence-corrected chi connectivity index (χ1v) is 21.5. The van der Waals surface area contributed by atoms with Crippen molar-refractivity contribution in [2.24, 2.45) is 17.8 Å². The topological polar surface area (TPSA) is 204 Å². The van der Waals surface area contributed by atoms with E-state index >= 15 is 0 Å². The number of halogens is 4. The highest BCUT2D eigenvalue weighted by Gasteiger charge is 2.63. The van der Waals surface area contributed by atoms with Gasteiger partial charge in [0.05, 0.1) is 36.0 Å². The number of fused-ring (bicyclic) bond motifs is 3. The molecule has 16 nitrogen and oxygen atoms in total. The highest BCUT2D eigenvalue weighted by molar-refractivity contribution is 7.91. The van der Waals surface area contributed by atoms with Crippen molar-refractivity contribution in [3.8, 4) is 11.6 Å². The fourth-order valence-corrected chi connectivity index (χ4v) is 9.16. The lowest BCUT2D eigenvalue weighted by molar-refractivity contribution is -0.143. The summed E-state index contributed by atoms with van der Waals surface area (Å²) < 4.78 is 107. The molecule has 1 aromatic heterocycles. The lowest BCUT2D eigenvalue weighted by atomic mass is 9.87. The van der Waals surface area contributed by atoms with Crippen molar-refractivity contribution in [1.82, 2.24) is 30.2 Å². The second-order valence-electron chi connectivity index (χ2n) is 17.7. The molecule has 0 radical (unpaired) electrons. The number of alkyl halides is 3. The Bertz CT molecular complexity index is 2200. The number of alkyl carbamates (subject to hydrolysis) is 1. The molecule has 2 aliphatic heterocycles. The second kappa shape index (κ2) is 16.8. The Labute approximate surface area is 350 Å². The normalized spacial score (nSPS) is 28.6. The van der Waals surface area contributed by atoms with Crippen LogP contribution in [0.3, 0.4) is 0 Å². The van der Waals surface area contributed by atoms with E-state index in [9.17, 15) is 45.2 Å². The highest BCUT2D eigenvalue weighted by Crippen LogP contribution is 2.48. The number of hydrogen-bond acceptors (Lipinski definition) is 12. The molecule has 2 aliphatic carbocycles. The summed E-state index contributed by atoms with van der Waals surface area (Å²) in [5.74, 6) is -6.44. The van der Waals surface area contributed by atoms with E-state index in [-0.39, 0.29) is 30.2 Å². The lowest BCUT2D eigenvalue weighted by Gasteiger charge is -2.34. The van der Waals surface area contributed by atoms with Crippen molar-refractivity contribution < 1.29 is 64.1 Å². The summed E-state index contributed by atoms with van der Waals surface area (Å²) in [5.41, 5.74) is -4.99. The molecule has 21 heteroatoms. The van der Waals surface area contributed by atoms with Crippen molar-refractivity contribution in [2.75, 3.05) is 27.4 Å². The molecule has 3 heterocycles. The molecule has 2 saturated carbocycles. The molecule has 2 aromatic rings. The summed E-state index contributed by atoms with van der Waals surface area (Å²) in [5, 5.41) is 5.36. The fraction of sp³-hybridized carbons (Fsp3) is 0.650. The Morgan fingerprint density at radius 2 is 1.75 bits per heavy atom. The number of carbonyl (C=O) groups is 4. The number of carbonyl (C=O) groups excluding carboxylic acids is 4. The molecule has 3 N–H and O–H groups in total. The Morgan fingerprint density at radius 3 is 2.38 bits per heavy atom. The van der Waals surface area contributed by atoms with Crippen molar-refractivity contribution >= 4 is 44.9 Å². The maximum Gasteiger partial charge on any atom is 0.438 e. The van der Waals surface area contributed by atoms with Gasteiger partial charge in [-0.1, -0.05) is 19.1 Å². The first kappa shape index (κ1) is 45.7. The average Bonchev–Trinajstić information content (AvgIpc) is 4.03.